The first-order valence-corrected chi connectivity index (χ1v) is 5.69. The first kappa shape index (κ1) is 16.1. The molecule has 0 heterocycles. The van der Waals surface area contributed by atoms with Crippen molar-refractivity contribution in [3.8, 4) is 0 Å². The molecular formula is C8H14N2O5S2. The van der Waals surface area contributed by atoms with Crippen LogP contribution in [0.1, 0.15) is 6.92 Å². The maximum absolute atomic E-state index is 11.6. The Kier molecular flexibility index (Phi) is 7.00. The van der Waals surface area contributed by atoms with E-state index in [1.54, 1.807) is 0 Å². The number of nitrogens with one attached hydrogen (secondary N) is 2. The minimum Gasteiger partial charge on any atom is -0.465 e. The van der Waals surface area contributed by atoms with Crippen molar-refractivity contribution in [2.45, 2.75) is 25.1 Å². The third kappa shape index (κ3) is 5.80. The molecule has 3 atom stereocenters. The van der Waals surface area contributed by atoms with Crippen LogP contribution in [-0.4, -0.2) is 51.3 Å². The summed E-state index contributed by atoms with van der Waals surface area (Å²) in [4.78, 5) is 32.9. The highest BCUT2D eigenvalue weighted by atomic mass is 32.1. The van der Waals surface area contributed by atoms with Gasteiger partial charge in [-0.05, 0) is 6.92 Å². The number of thiol groups is 2. The fourth-order valence-corrected chi connectivity index (χ4v) is 1.54. The van der Waals surface area contributed by atoms with Crippen LogP contribution in [0.2, 0.25) is 0 Å². The van der Waals surface area contributed by atoms with Crippen LogP contribution in [0.15, 0.2) is 0 Å². The van der Waals surface area contributed by atoms with E-state index in [4.69, 9.17) is 5.11 Å². The van der Waals surface area contributed by atoms with Gasteiger partial charge in [0.1, 0.15) is 12.1 Å². The normalized spacial score (nSPS) is 15.5. The van der Waals surface area contributed by atoms with Crippen LogP contribution in [0, 0.1) is 0 Å². The maximum atomic E-state index is 11.6. The Balaban J connectivity index is 4.62. The molecule has 0 aromatic carbocycles. The second-order valence-electron chi connectivity index (χ2n) is 3.25. The number of hydrogen-bond acceptors (Lipinski definition) is 5. The molecule has 0 saturated carbocycles. The van der Waals surface area contributed by atoms with Crippen LogP contribution in [0.25, 0.3) is 0 Å². The van der Waals surface area contributed by atoms with E-state index in [0.29, 0.717) is 0 Å². The van der Waals surface area contributed by atoms with Gasteiger partial charge < -0.3 is 20.8 Å². The van der Waals surface area contributed by atoms with Crippen LogP contribution >= 0.6 is 25.3 Å². The van der Waals surface area contributed by atoms with Crippen molar-refractivity contribution in [3.05, 3.63) is 0 Å². The van der Waals surface area contributed by atoms with Crippen LogP contribution in [0.4, 0.5) is 4.79 Å². The number of amides is 2. The van der Waals surface area contributed by atoms with E-state index in [1.807, 2.05) is 5.32 Å². The molecule has 0 aliphatic rings. The third-order valence-corrected chi connectivity index (χ3v) is 2.52. The summed E-state index contributed by atoms with van der Waals surface area (Å²) in [6.45, 7) is 1.25. The Morgan fingerprint density at radius 3 is 2.12 bits per heavy atom. The van der Waals surface area contributed by atoms with Gasteiger partial charge in [0.2, 0.25) is 11.0 Å². The van der Waals surface area contributed by atoms with Crippen LogP contribution in [0.3, 0.4) is 0 Å². The lowest BCUT2D eigenvalue weighted by atomic mass is 10.1. The molecule has 0 aromatic heterocycles. The van der Waals surface area contributed by atoms with Crippen molar-refractivity contribution >= 4 is 42.4 Å². The second kappa shape index (κ2) is 7.41. The van der Waals surface area contributed by atoms with Crippen molar-refractivity contribution in [2.24, 2.45) is 0 Å². The van der Waals surface area contributed by atoms with Crippen LogP contribution < -0.4 is 10.6 Å². The molecule has 2 amide bonds. The van der Waals surface area contributed by atoms with Crippen molar-refractivity contribution < 1.29 is 24.6 Å². The van der Waals surface area contributed by atoms with Crippen LogP contribution in [0.5, 0.6) is 0 Å². The van der Waals surface area contributed by atoms with Crippen molar-refractivity contribution in [3.63, 3.8) is 0 Å². The quantitative estimate of drug-likeness (QED) is 0.345. The minimum absolute atomic E-state index is 0.0215. The van der Waals surface area contributed by atoms with E-state index >= 15 is 0 Å². The number of aliphatic hydroxyl groups excluding tert-OH is 1. The minimum atomic E-state index is -1.45. The molecule has 0 unspecified atom stereocenters. The molecule has 98 valence electrons. The number of hydrogen-bond donors (Lipinski definition) is 6. The van der Waals surface area contributed by atoms with Gasteiger partial charge in [0.05, 0.1) is 6.10 Å². The Labute approximate surface area is 109 Å². The first-order chi connectivity index (χ1) is 7.79. The van der Waals surface area contributed by atoms with E-state index in [-0.39, 0.29) is 5.75 Å². The molecule has 17 heavy (non-hydrogen) atoms. The maximum Gasteiger partial charge on any atom is 0.405 e. The zero-order valence-electron chi connectivity index (χ0n) is 8.95. The molecule has 0 aromatic rings. The third-order valence-electron chi connectivity index (χ3n) is 1.84. The van der Waals surface area contributed by atoms with Gasteiger partial charge in [0.25, 0.3) is 0 Å². The Morgan fingerprint density at radius 2 is 1.82 bits per heavy atom. The molecule has 4 N–H and O–H groups in total. The summed E-state index contributed by atoms with van der Waals surface area (Å²) in [5.41, 5.74) is 0. The standard InChI is InChI=1S/C8H14N2O5S2/c1-3(11)5(10-8(14)15)6(12)9-4(2-16)7(13)17/h3-5,10-11,16H,2H2,1H3,(H,9,12)(H,13,17)(H,14,15)/t3-,4+,5+/m1/s1. The lowest BCUT2D eigenvalue weighted by Crippen LogP contribution is -2.55. The molecule has 0 bridgehead atoms. The molecule has 0 saturated heterocycles. The van der Waals surface area contributed by atoms with Crippen LogP contribution in [-0.2, 0) is 9.59 Å². The monoisotopic (exact) mass is 282 g/mol. The van der Waals surface area contributed by atoms with Crippen molar-refractivity contribution in [1.29, 1.82) is 0 Å². The molecular weight excluding hydrogens is 268 g/mol. The first-order valence-electron chi connectivity index (χ1n) is 4.61. The largest absolute Gasteiger partial charge is 0.465 e. The van der Waals surface area contributed by atoms with Gasteiger partial charge in [-0.3, -0.25) is 9.59 Å². The van der Waals surface area contributed by atoms with Gasteiger partial charge in [0, 0.05) is 5.75 Å². The number of carbonyl (C=O) groups is 3. The lowest BCUT2D eigenvalue weighted by Gasteiger charge is -2.21. The smallest absolute Gasteiger partial charge is 0.405 e. The van der Waals surface area contributed by atoms with Gasteiger partial charge in [-0.2, -0.15) is 12.6 Å². The number of rotatable bonds is 6. The molecule has 0 aliphatic carbocycles. The van der Waals surface area contributed by atoms with E-state index in [9.17, 15) is 19.5 Å². The van der Waals surface area contributed by atoms with E-state index < -0.39 is 35.3 Å². The van der Waals surface area contributed by atoms with Crippen molar-refractivity contribution in [2.75, 3.05) is 5.75 Å². The summed E-state index contributed by atoms with van der Waals surface area (Å²) >= 11 is 7.37. The fourth-order valence-electron chi connectivity index (χ4n) is 0.985. The summed E-state index contributed by atoms with van der Waals surface area (Å²) < 4.78 is 0. The molecule has 0 rings (SSSR count). The molecule has 0 aliphatic heterocycles. The van der Waals surface area contributed by atoms with Gasteiger partial charge in [-0.1, -0.05) is 0 Å². The number of aliphatic hydroxyl groups is 1. The molecule has 7 nitrogen and oxygen atoms in total. The summed E-state index contributed by atoms with van der Waals surface area (Å²) in [6, 6.07) is -2.30. The highest BCUT2D eigenvalue weighted by Crippen LogP contribution is 1.98. The summed E-state index contributed by atoms with van der Waals surface area (Å²) in [5, 5.41) is 21.2. The van der Waals surface area contributed by atoms with Gasteiger partial charge in [-0.15, -0.1) is 12.6 Å². The highest BCUT2D eigenvalue weighted by Gasteiger charge is 2.28. The summed E-state index contributed by atoms with van der Waals surface area (Å²) in [6.07, 6.45) is -2.69. The average molecular weight is 282 g/mol. The average Bonchev–Trinajstić information content (AvgIpc) is 2.20. The highest BCUT2D eigenvalue weighted by molar-refractivity contribution is 7.96. The lowest BCUT2D eigenvalue weighted by molar-refractivity contribution is -0.128. The number of carboxylic acid groups (broad SMARTS) is 1. The SMILES string of the molecule is C[C@@H](O)[C@H](NC(=O)O)C(=O)N[C@@H](CS)C(=O)S. The number of carbonyl (C=O) groups excluding carboxylic acids is 2. The predicted molar refractivity (Wildman–Crippen MR) is 66.4 cm³/mol. The summed E-state index contributed by atoms with van der Waals surface area (Å²) in [7, 11) is 0. The van der Waals surface area contributed by atoms with E-state index in [1.165, 1.54) is 6.92 Å². The molecule has 9 heteroatoms. The van der Waals surface area contributed by atoms with E-state index in [2.05, 4.69) is 30.6 Å². The predicted octanol–water partition coefficient (Wildman–Crippen LogP) is -1.13. The molecule has 0 radical (unpaired) electrons. The van der Waals surface area contributed by atoms with Crippen molar-refractivity contribution in [1.82, 2.24) is 10.6 Å². The Bertz CT molecular complexity index is 310. The Hall–Kier alpha value is -0.930. The second-order valence-corrected chi connectivity index (χ2v) is 4.06. The topological polar surface area (TPSA) is 116 Å². The zero-order valence-corrected chi connectivity index (χ0v) is 10.7. The molecule has 0 spiro atoms. The Morgan fingerprint density at radius 1 is 1.29 bits per heavy atom. The van der Waals surface area contributed by atoms with Gasteiger partial charge >= 0.3 is 6.09 Å². The van der Waals surface area contributed by atoms with Gasteiger partial charge in [-0.25, -0.2) is 4.79 Å². The summed E-state index contributed by atoms with van der Waals surface area (Å²) in [5.74, 6) is -0.794. The zero-order chi connectivity index (χ0) is 13.6. The molecule has 0 fully saturated rings. The van der Waals surface area contributed by atoms with Gasteiger partial charge in [0.15, 0.2) is 0 Å². The van der Waals surface area contributed by atoms with E-state index in [0.717, 1.165) is 0 Å². The fraction of sp³-hybridized carbons (Fsp3) is 0.625.